The van der Waals surface area contributed by atoms with Crippen molar-refractivity contribution in [2.75, 3.05) is 13.1 Å². The second kappa shape index (κ2) is 5.41. The Morgan fingerprint density at radius 2 is 2.11 bits per heavy atom. The Hall–Kier alpha value is -0.860. The topological polar surface area (TPSA) is 95.9 Å². The van der Waals surface area contributed by atoms with Crippen molar-refractivity contribution in [3.05, 3.63) is 0 Å². The minimum atomic E-state index is -3.95. The van der Waals surface area contributed by atoms with Gasteiger partial charge in [-0.15, -0.1) is 0 Å². The van der Waals surface area contributed by atoms with Gasteiger partial charge in [-0.2, -0.15) is 12.7 Å². The van der Waals surface area contributed by atoms with Crippen LogP contribution in [0.2, 0.25) is 0 Å². The average molecular weight is 280 g/mol. The summed E-state index contributed by atoms with van der Waals surface area (Å²) in [4.78, 5) is 11.3. The monoisotopic (exact) mass is 280 g/mol. The number of piperidine rings is 1. The number of ether oxygens (including phenoxy) is 1. The van der Waals surface area contributed by atoms with Gasteiger partial charge in [-0.3, -0.25) is 0 Å². The zero-order valence-electron chi connectivity index (χ0n) is 10.8. The van der Waals surface area contributed by atoms with E-state index < -0.39 is 28.0 Å². The Labute approximate surface area is 107 Å². The van der Waals surface area contributed by atoms with Crippen LogP contribution in [-0.2, 0) is 14.9 Å². The molecule has 1 aliphatic heterocycles. The molecule has 0 aliphatic carbocycles. The summed E-state index contributed by atoms with van der Waals surface area (Å²) in [6.07, 6.45) is -0.317. The van der Waals surface area contributed by atoms with Crippen molar-refractivity contribution >= 4 is 16.3 Å². The van der Waals surface area contributed by atoms with E-state index in [-0.39, 0.29) is 13.1 Å². The molecule has 0 spiro atoms. The SMILES string of the molecule is CC(C)OC(=O)NS(=O)(=O)N1CCCC(C)(O)C1. The predicted octanol–water partition coefficient (Wildman–Crippen LogP) is 0.213. The number of nitrogens with one attached hydrogen (secondary N) is 1. The second-order valence-electron chi connectivity index (χ2n) is 5.00. The summed E-state index contributed by atoms with van der Waals surface area (Å²) < 4.78 is 31.3. The largest absolute Gasteiger partial charge is 0.446 e. The van der Waals surface area contributed by atoms with Crippen molar-refractivity contribution in [2.45, 2.75) is 45.3 Å². The maximum atomic E-state index is 11.9. The summed E-state index contributed by atoms with van der Waals surface area (Å²) >= 11 is 0. The molecule has 0 saturated carbocycles. The maximum Gasteiger partial charge on any atom is 0.422 e. The number of nitrogens with zero attached hydrogens (tertiary/aromatic N) is 1. The second-order valence-corrected chi connectivity index (χ2v) is 6.67. The number of aliphatic hydroxyl groups is 1. The lowest BCUT2D eigenvalue weighted by molar-refractivity contribution is 0.00893. The standard InChI is InChI=1S/C10H20N2O5S/c1-8(2)17-9(13)11-18(15,16)12-6-4-5-10(3,14)7-12/h8,14H,4-7H2,1-3H3,(H,11,13). The quantitative estimate of drug-likeness (QED) is 0.770. The molecule has 1 fully saturated rings. The van der Waals surface area contributed by atoms with Crippen molar-refractivity contribution < 1.29 is 23.1 Å². The molecule has 106 valence electrons. The number of hydrogen-bond acceptors (Lipinski definition) is 5. The number of rotatable bonds is 3. The van der Waals surface area contributed by atoms with Gasteiger partial charge in [0.15, 0.2) is 0 Å². The minimum Gasteiger partial charge on any atom is -0.446 e. The van der Waals surface area contributed by atoms with Crippen LogP contribution in [0.25, 0.3) is 0 Å². The Morgan fingerprint density at radius 3 is 2.61 bits per heavy atom. The Kier molecular flexibility index (Phi) is 4.57. The highest BCUT2D eigenvalue weighted by molar-refractivity contribution is 7.87. The molecule has 1 amide bonds. The van der Waals surface area contributed by atoms with Gasteiger partial charge in [-0.1, -0.05) is 0 Å². The van der Waals surface area contributed by atoms with Crippen molar-refractivity contribution in [2.24, 2.45) is 0 Å². The molecule has 1 saturated heterocycles. The molecule has 1 aliphatic rings. The highest BCUT2D eigenvalue weighted by atomic mass is 32.2. The fraction of sp³-hybridized carbons (Fsp3) is 0.900. The molecular formula is C10H20N2O5S. The van der Waals surface area contributed by atoms with Crippen molar-refractivity contribution in [1.29, 1.82) is 0 Å². The van der Waals surface area contributed by atoms with Gasteiger partial charge >= 0.3 is 16.3 Å². The van der Waals surface area contributed by atoms with Crippen LogP contribution in [0, 0.1) is 0 Å². The lowest BCUT2D eigenvalue weighted by Crippen LogP contribution is -2.53. The highest BCUT2D eigenvalue weighted by Gasteiger charge is 2.35. The number of carbonyl (C=O) groups is 1. The predicted molar refractivity (Wildman–Crippen MR) is 65.1 cm³/mol. The van der Waals surface area contributed by atoms with Crippen LogP contribution >= 0.6 is 0 Å². The van der Waals surface area contributed by atoms with E-state index in [1.165, 1.54) is 0 Å². The molecule has 1 unspecified atom stereocenters. The minimum absolute atomic E-state index is 0.0305. The molecule has 1 rings (SSSR count). The van der Waals surface area contributed by atoms with E-state index in [9.17, 15) is 18.3 Å². The molecule has 2 N–H and O–H groups in total. The molecule has 0 radical (unpaired) electrons. The summed E-state index contributed by atoms with van der Waals surface area (Å²) in [5.74, 6) is 0. The van der Waals surface area contributed by atoms with Crippen LogP contribution in [0.1, 0.15) is 33.6 Å². The van der Waals surface area contributed by atoms with Crippen molar-refractivity contribution in [3.8, 4) is 0 Å². The molecule has 18 heavy (non-hydrogen) atoms. The van der Waals surface area contributed by atoms with E-state index in [1.807, 2.05) is 4.72 Å². The summed E-state index contributed by atoms with van der Waals surface area (Å²) in [5.41, 5.74) is -1.06. The lowest BCUT2D eigenvalue weighted by Gasteiger charge is -2.35. The number of amides is 1. The van der Waals surface area contributed by atoms with E-state index in [0.29, 0.717) is 12.8 Å². The van der Waals surface area contributed by atoms with Gasteiger partial charge in [0.2, 0.25) is 0 Å². The fourth-order valence-electron chi connectivity index (χ4n) is 1.79. The molecule has 0 aromatic carbocycles. The third-order valence-corrected chi connectivity index (χ3v) is 3.95. The van der Waals surface area contributed by atoms with Gasteiger partial charge in [0.25, 0.3) is 0 Å². The summed E-state index contributed by atoms with van der Waals surface area (Å²) in [5, 5.41) is 9.84. The Morgan fingerprint density at radius 1 is 1.50 bits per heavy atom. The first kappa shape index (κ1) is 15.2. The normalized spacial score (nSPS) is 26.1. The summed E-state index contributed by atoms with van der Waals surface area (Å²) in [6.45, 7) is 5.06. The van der Waals surface area contributed by atoms with Crippen LogP contribution in [0.15, 0.2) is 0 Å². The first-order valence-electron chi connectivity index (χ1n) is 5.83. The lowest BCUT2D eigenvalue weighted by atomic mass is 9.97. The average Bonchev–Trinajstić information content (AvgIpc) is 2.13. The Balaban J connectivity index is 2.66. The molecule has 8 heteroatoms. The Bertz CT molecular complexity index is 404. The molecule has 1 heterocycles. The van der Waals surface area contributed by atoms with Gasteiger partial charge in [-0.05, 0) is 33.6 Å². The van der Waals surface area contributed by atoms with Crippen LogP contribution in [0.5, 0.6) is 0 Å². The highest BCUT2D eigenvalue weighted by Crippen LogP contribution is 2.21. The van der Waals surface area contributed by atoms with Gasteiger partial charge in [-0.25, -0.2) is 9.52 Å². The first-order valence-corrected chi connectivity index (χ1v) is 7.27. The van der Waals surface area contributed by atoms with E-state index in [2.05, 4.69) is 0 Å². The van der Waals surface area contributed by atoms with Gasteiger partial charge < -0.3 is 9.84 Å². The smallest absolute Gasteiger partial charge is 0.422 e. The van der Waals surface area contributed by atoms with Gasteiger partial charge in [0, 0.05) is 13.1 Å². The maximum absolute atomic E-state index is 11.9. The summed E-state index contributed by atoms with van der Waals surface area (Å²) in [7, 11) is -3.95. The molecule has 0 bridgehead atoms. The first-order chi connectivity index (χ1) is 8.12. The molecule has 7 nitrogen and oxygen atoms in total. The van der Waals surface area contributed by atoms with E-state index >= 15 is 0 Å². The summed E-state index contributed by atoms with van der Waals surface area (Å²) in [6, 6.07) is 0. The fourth-order valence-corrected chi connectivity index (χ4v) is 2.99. The van der Waals surface area contributed by atoms with Crippen LogP contribution in [-0.4, -0.2) is 48.7 Å². The third kappa shape index (κ3) is 4.43. The number of carbonyl (C=O) groups excluding carboxylic acids is 1. The van der Waals surface area contributed by atoms with Gasteiger partial charge in [0.05, 0.1) is 11.7 Å². The molecule has 1 atom stereocenters. The third-order valence-electron chi connectivity index (χ3n) is 2.53. The van der Waals surface area contributed by atoms with Crippen LogP contribution in [0.3, 0.4) is 0 Å². The van der Waals surface area contributed by atoms with Gasteiger partial charge in [0.1, 0.15) is 0 Å². The van der Waals surface area contributed by atoms with Crippen LogP contribution < -0.4 is 4.72 Å². The van der Waals surface area contributed by atoms with Crippen molar-refractivity contribution in [1.82, 2.24) is 9.03 Å². The van der Waals surface area contributed by atoms with E-state index in [1.54, 1.807) is 20.8 Å². The number of hydrogen-bond donors (Lipinski definition) is 2. The molecule has 0 aromatic heterocycles. The van der Waals surface area contributed by atoms with Crippen LogP contribution in [0.4, 0.5) is 4.79 Å². The molecular weight excluding hydrogens is 260 g/mol. The van der Waals surface area contributed by atoms with E-state index in [0.717, 1.165) is 4.31 Å². The molecule has 0 aromatic rings. The number of β-amino-alcohol motifs (C(OH)–C–C–N with tert-alkyl or cyclic N) is 1. The van der Waals surface area contributed by atoms with E-state index in [4.69, 9.17) is 4.74 Å². The zero-order chi connectivity index (χ0) is 14.0. The van der Waals surface area contributed by atoms with Crippen molar-refractivity contribution in [3.63, 3.8) is 0 Å². The zero-order valence-corrected chi connectivity index (χ0v) is 11.7.